The summed E-state index contributed by atoms with van der Waals surface area (Å²) in [6, 6.07) is 3.17. The molecule has 0 radical (unpaired) electrons. The Morgan fingerprint density at radius 3 is 2.52 bits per heavy atom. The molecule has 7 nitrogen and oxygen atoms in total. The van der Waals surface area contributed by atoms with Gasteiger partial charge >= 0.3 is 0 Å². The van der Waals surface area contributed by atoms with Crippen molar-refractivity contribution in [2.75, 3.05) is 18.4 Å². The summed E-state index contributed by atoms with van der Waals surface area (Å²) in [5, 5.41) is 12.5. The number of nitrogens with one attached hydrogen (secondary N) is 1. The van der Waals surface area contributed by atoms with Gasteiger partial charge in [-0.1, -0.05) is 20.3 Å². The van der Waals surface area contributed by atoms with Crippen molar-refractivity contribution >= 4 is 34.0 Å². The number of carbonyl (C=O) groups excluding carboxylic acids is 1. The molecule has 1 aliphatic rings. The van der Waals surface area contributed by atoms with Crippen molar-refractivity contribution in [2.24, 2.45) is 11.7 Å². The van der Waals surface area contributed by atoms with Crippen molar-refractivity contribution < 1.29 is 18.3 Å². The van der Waals surface area contributed by atoms with Gasteiger partial charge in [-0.3, -0.25) is 4.79 Å². The van der Waals surface area contributed by atoms with Gasteiger partial charge in [0.05, 0.1) is 16.6 Å². The Bertz CT molecular complexity index is 705. The summed E-state index contributed by atoms with van der Waals surface area (Å²) in [5.74, 6) is -0.667. The van der Waals surface area contributed by atoms with Gasteiger partial charge in [-0.2, -0.15) is 4.31 Å². The van der Waals surface area contributed by atoms with Crippen LogP contribution < -0.4 is 11.1 Å². The molecule has 0 bridgehead atoms. The number of carbonyl (C=O) groups is 1. The molecule has 2 unspecified atom stereocenters. The summed E-state index contributed by atoms with van der Waals surface area (Å²) in [4.78, 5) is 12.2. The molecule has 1 saturated heterocycles. The highest BCUT2D eigenvalue weighted by Crippen LogP contribution is 2.29. The summed E-state index contributed by atoms with van der Waals surface area (Å²) < 4.78 is 26.6. The van der Waals surface area contributed by atoms with E-state index >= 15 is 0 Å². The molecule has 1 aromatic rings. The first-order valence-corrected chi connectivity index (χ1v) is 9.61. The second-order valence-electron chi connectivity index (χ2n) is 6.19. The molecule has 2 rings (SSSR count). The van der Waals surface area contributed by atoms with E-state index in [-0.39, 0.29) is 34.7 Å². The highest BCUT2D eigenvalue weighted by Gasteiger charge is 2.28. The maximum atomic E-state index is 12.6. The van der Waals surface area contributed by atoms with Crippen LogP contribution >= 0.6 is 12.4 Å². The normalized spacial score (nSPS) is 17.6. The Morgan fingerprint density at radius 1 is 1.36 bits per heavy atom. The average molecular weight is 392 g/mol. The average Bonchev–Trinajstić information content (AvgIpc) is 3.10. The van der Waals surface area contributed by atoms with Crippen LogP contribution in [0.1, 0.15) is 33.1 Å². The lowest BCUT2D eigenvalue weighted by Gasteiger charge is -2.19. The Labute approximate surface area is 155 Å². The number of amides is 1. The molecule has 9 heteroatoms. The number of anilines is 1. The Hall–Kier alpha value is -1.35. The highest BCUT2D eigenvalue weighted by molar-refractivity contribution is 7.89. The molecule has 0 aromatic heterocycles. The largest absolute Gasteiger partial charge is 0.506 e. The van der Waals surface area contributed by atoms with E-state index in [1.165, 1.54) is 22.5 Å². The van der Waals surface area contributed by atoms with E-state index in [0.29, 0.717) is 13.1 Å². The molecular formula is C16H26ClN3O4S. The number of halogens is 1. The van der Waals surface area contributed by atoms with Crippen LogP contribution in [0, 0.1) is 5.92 Å². The van der Waals surface area contributed by atoms with Gasteiger partial charge in [-0.25, -0.2) is 8.42 Å². The number of rotatable bonds is 6. The van der Waals surface area contributed by atoms with E-state index in [0.717, 1.165) is 19.3 Å². The van der Waals surface area contributed by atoms with Crippen LogP contribution in [0.25, 0.3) is 0 Å². The van der Waals surface area contributed by atoms with E-state index < -0.39 is 22.0 Å². The van der Waals surface area contributed by atoms with E-state index in [9.17, 15) is 18.3 Å². The standard InChI is InChI=1S/C16H25N3O4S.ClH/c1-3-11(2)15(17)16(21)18-13-10-12(6-7-14(13)20)24(22,23)19-8-4-5-9-19;/h6-7,10-11,15,20H,3-5,8-9,17H2,1-2H3,(H,18,21);1H. The minimum atomic E-state index is -3.62. The van der Waals surface area contributed by atoms with Gasteiger partial charge < -0.3 is 16.2 Å². The van der Waals surface area contributed by atoms with Crippen molar-refractivity contribution in [2.45, 2.75) is 44.0 Å². The predicted molar refractivity (Wildman–Crippen MR) is 99.4 cm³/mol. The first-order valence-electron chi connectivity index (χ1n) is 8.17. The Balaban J connectivity index is 0.00000312. The van der Waals surface area contributed by atoms with Crippen molar-refractivity contribution in [3.8, 4) is 5.75 Å². The zero-order valence-corrected chi connectivity index (χ0v) is 16.1. The molecule has 0 spiro atoms. The van der Waals surface area contributed by atoms with Crippen molar-refractivity contribution in [3.05, 3.63) is 18.2 Å². The van der Waals surface area contributed by atoms with Gasteiger partial charge in [0.25, 0.3) is 0 Å². The van der Waals surface area contributed by atoms with Gasteiger partial charge in [0.15, 0.2) is 0 Å². The van der Waals surface area contributed by atoms with Crippen molar-refractivity contribution in [1.82, 2.24) is 4.31 Å². The zero-order chi connectivity index (χ0) is 17.9. The van der Waals surface area contributed by atoms with E-state index in [1.54, 1.807) is 0 Å². The van der Waals surface area contributed by atoms with Crippen LogP contribution in [-0.4, -0.2) is 42.9 Å². The third-order valence-corrected chi connectivity index (χ3v) is 6.38. The van der Waals surface area contributed by atoms with Gasteiger partial charge in [0, 0.05) is 13.1 Å². The lowest BCUT2D eigenvalue weighted by molar-refractivity contribution is -0.118. The first kappa shape index (κ1) is 21.7. The molecule has 4 N–H and O–H groups in total. The number of phenolic OH excluding ortho intramolecular Hbond substituents is 1. The van der Waals surface area contributed by atoms with Gasteiger partial charge in [-0.15, -0.1) is 12.4 Å². The molecule has 1 heterocycles. The van der Waals surface area contributed by atoms with Gasteiger partial charge in [-0.05, 0) is 37.0 Å². The summed E-state index contributed by atoms with van der Waals surface area (Å²) in [6.45, 7) is 4.77. The van der Waals surface area contributed by atoms with Crippen LogP contribution in [-0.2, 0) is 14.8 Å². The van der Waals surface area contributed by atoms with E-state index in [1.807, 2.05) is 13.8 Å². The number of aromatic hydroxyl groups is 1. The highest BCUT2D eigenvalue weighted by atomic mass is 35.5. The minimum Gasteiger partial charge on any atom is -0.506 e. The topological polar surface area (TPSA) is 113 Å². The zero-order valence-electron chi connectivity index (χ0n) is 14.4. The molecule has 142 valence electrons. The summed E-state index contributed by atoms with van der Waals surface area (Å²) in [5.41, 5.74) is 5.93. The number of sulfonamides is 1. The van der Waals surface area contributed by atoms with Gasteiger partial charge in [0.1, 0.15) is 5.75 Å². The first-order chi connectivity index (χ1) is 11.3. The summed E-state index contributed by atoms with van der Waals surface area (Å²) >= 11 is 0. The lowest BCUT2D eigenvalue weighted by Crippen LogP contribution is -2.40. The number of phenols is 1. The molecule has 1 amide bonds. The minimum absolute atomic E-state index is 0. The fourth-order valence-corrected chi connectivity index (χ4v) is 4.13. The maximum absolute atomic E-state index is 12.6. The lowest BCUT2D eigenvalue weighted by atomic mass is 9.99. The smallest absolute Gasteiger partial charge is 0.243 e. The molecule has 1 fully saturated rings. The third-order valence-electron chi connectivity index (χ3n) is 4.49. The van der Waals surface area contributed by atoms with E-state index in [2.05, 4.69) is 5.32 Å². The number of nitrogens with two attached hydrogens (primary N) is 1. The quantitative estimate of drug-likeness (QED) is 0.641. The maximum Gasteiger partial charge on any atom is 0.243 e. The number of hydrogen-bond donors (Lipinski definition) is 3. The molecule has 1 aromatic carbocycles. The predicted octanol–water partition coefficient (Wildman–Crippen LogP) is 1.91. The molecular weight excluding hydrogens is 366 g/mol. The van der Waals surface area contributed by atoms with Crippen LogP contribution in [0.15, 0.2) is 23.1 Å². The molecule has 25 heavy (non-hydrogen) atoms. The fourth-order valence-electron chi connectivity index (χ4n) is 2.58. The number of benzene rings is 1. The molecule has 2 atom stereocenters. The van der Waals surface area contributed by atoms with E-state index in [4.69, 9.17) is 5.73 Å². The summed E-state index contributed by atoms with van der Waals surface area (Å²) in [6.07, 6.45) is 2.42. The molecule has 1 aliphatic heterocycles. The van der Waals surface area contributed by atoms with Crippen LogP contribution in [0.4, 0.5) is 5.69 Å². The number of nitrogens with zero attached hydrogens (tertiary/aromatic N) is 1. The Kier molecular flexibility index (Phi) is 7.67. The number of hydrogen-bond acceptors (Lipinski definition) is 5. The third kappa shape index (κ3) is 4.84. The monoisotopic (exact) mass is 391 g/mol. The van der Waals surface area contributed by atoms with Crippen molar-refractivity contribution in [1.29, 1.82) is 0 Å². The fraction of sp³-hybridized carbons (Fsp3) is 0.562. The van der Waals surface area contributed by atoms with Crippen LogP contribution in [0.2, 0.25) is 0 Å². The summed E-state index contributed by atoms with van der Waals surface area (Å²) in [7, 11) is -3.62. The SMILES string of the molecule is CCC(C)C(N)C(=O)Nc1cc(S(=O)(=O)N2CCCC2)ccc1O.Cl. The second kappa shape index (κ2) is 8.84. The van der Waals surface area contributed by atoms with Crippen LogP contribution in [0.5, 0.6) is 5.75 Å². The van der Waals surface area contributed by atoms with Gasteiger partial charge in [0.2, 0.25) is 15.9 Å². The molecule has 0 saturated carbocycles. The Morgan fingerprint density at radius 2 is 1.96 bits per heavy atom. The van der Waals surface area contributed by atoms with Crippen molar-refractivity contribution in [3.63, 3.8) is 0 Å². The van der Waals surface area contributed by atoms with Crippen LogP contribution in [0.3, 0.4) is 0 Å². The molecule has 0 aliphatic carbocycles. The second-order valence-corrected chi connectivity index (χ2v) is 8.13.